The van der Waals surface area contributed by atoms with Crippen LogP contribution in [-0.2, 0) is 0 Å². The number of hydrogen-bond acceptors (Lipinski definition) is 5. The fourth-order valence-corrected chi connectivity index (χ4v) is 4.63. The fourth-order valence-electron chi connectivity index (χ4n) is 4.63. The standard InChI is InChI=1S/C30H27N7/c1-3-4-7-19(2)34-22-12-21(15-31-16-22)20-9-10-27-24(13-20)30(37-36-27)28-14-23-25(17-32-18-29(23)35-28)26-8-5-6-11-33-26/h5-6,8-18,34-35H,2-4,7H2,1H3,(H,36,37). The first-order chi connectivity index (χ1) is 18.2. The Morgan fingerprint density at radius 2 is 1.84 bits per heavy atom. The highest BCUT2D eigenvalue weighted by Gasteiger charge is 2.15. The van der Waals surface area contributed by atoms with Crippen LogP contribution in [0.5, 0.6) is 0 Å². The second-order valence-electron chi connectivity index (χ2n) is 9.17. The summed E-state index contributed by atoms with van der Waals surface area (Å²) in [5.74, 6) is 0. The molecule has 0 aliphatic rings. The Balaban J connectivity index is 1.37. The van der Waals surface area contributed by atoms with E-state index < -0.39 is 0 Å². The number of rotatable bonds is 8. The van der Waals surface area contributed by atoms with Gasteiger partial charge in [0.25, 0.3) is 0 Å². The molecule has 7 nitrogen and oxygen atoms in total. The van der Waals surface area contributed by atoms with Crippen molar-refractivity contribution in [1.29, 1.82) is 0 Å². The van der Waals surface area contributed by atoms with E-state index in [1.54, 1.807) is 6.20 Å². The first kappa shape index (κ1) is 22.7. The Morgan fingerprint density at radius 3 is 2.70 bits per heavy atom. The molecule has 0 aliphatic heterocycles. The van der Waals surface area contributed by atoms with Crippen LogP contribution in [0.2, 0.25) is 0 Å². The summed E-state index contributed by atoms with van der Waals surface area (Å²) >= 11 is 0. The van der Waals surface area contributed by atoms with Crippen molar-refractivity contribution in [2.75, 3.05) is 5.32 Å². The molecule has 0 fully saturated rings. The number of nitrogens with zero attached hydrogens (tertiary/aromatic N) is 4. The SMILES string of the molecule is C=C(CCCC)Nc1cncc(-c2ccc3[nH]nc(-c4cc5c(-c6ccccn6)cncc5[nH]4)c3c2)c1. The van der Waals surface area contributed by atoms with E-state index in [1.165, 1.54) is 0 Å². The van der Waals surface area contributed by atoms with E-state index in [1.807, 2.05) is 43.0 Å². The summed E-state index contributed by atoms with van der Waals surface area (Å²) in [6.07, 6.45) is 12.4. The number of aromatic amines is 2. The van der Waals surface area contributed by atoms with Gasteiger partial charge < -0.3 is 10.3 Å². The van der Waals surface area contributed by atoms with Gasteiger partial charge in [-0.05, 0) is 54.8 Å². The third-order valence-corrected chi connectivity index (χ3v) is 6.53. The molecule has 0 spiro atoms. The summed E-state index contributed by atoms with van der Waals surface area (Å²) in [5, 5.41) is 13.3. The lowest BCUT2D eigenvalue weighted by molar-refractivity contribution is 0.791. The molecule has 0 radical (unpaired) electrons. The number of aromatic nitrogens is 6. The number of fused-ring (bicyclic) bond motifs is 2. The van der Waals surface area contributed by atoms with E-state index in [0.29, 0.717) is 0 Å². The van der Waals surface area contributed by atoms with E-state index in [0.717, 1.165) is 86.2 Å². The van der Waals surface area contributed by atoms with E-state index in [2.05, 4.69) is 79.3 Å². The van der Waals surface area contributed by atoms with Crippen LogP contribution in [-0.4, -0.2) is 30.1 Å². The molecule has 37 heavy (non-hydrogen) atoms. The quantitative estimate of drug-likeness (QED) is 0.209. The summed E-state index contributed by atoms with van der Waals surface area (Å²) in [6, 6.07) is 16.4. The Kier molecular flexibility index (Phi) is 5.94. The maximum atomic E-state index is 4.65. The average Bonchev–Trinajstić information content (AvgIpc) is 3.56. The second-order valence-corrected chi connectivity index (χ2v) is 9.17. The van der Waals surface area contributed by atoms with Gasteiger partial charge in [-0.25, -0.2) is 0 Å². The molecule has 0 saturated carbocycles. The topological polar surface area (TPSA) is 95.2 Å². The van der Waals surface area contributed by atoms with Gasteiger partial charge in [-0.1, -0.05) is 32.1 Å². The first-order valence-corrected chi connectivity index (χ1v) is 12.5. The molecular weight excluding hydrogens is 458 g/mol. The zero-order valence-corrected chi connectivity index (χ0v) is 20.6. The largest absolute Gasteiger partial charge is 0.358 e. The van der Waals surface area contributed by atoms with Crippen molar-refractivity contribution in [1.82, 2.24) is 30.1 Å². The summed E-state index contributed by atoms with van der Waals surface area (Å²) < 4.78 is 0. The third kappa shape index (κ3) is 4.47. The molecule has 6 aromatic rings. The van der Waals surface area contributed by atoms with Crippen LogP contribution in [0, 0.1) is 0 Å². The van der Waals surface area contributed by atoms with Crippen LogP contribution in [0.1, 0.15) is 26.2 Å². The minimum atomic E-state index is 0.857. The predicted octanol–water partition coefficient (Wildman–Crippen LogP) is 7.35. The monoisotopic (exact) mass is 485 g/mol. The number of hydrogen-bond donors (Lipinski definition) is 3. The van der Waals surface area contributed by atoms with Gasteiger partial charge in [-0.2, -0.15) is 5.10 Å². The molecule has 5 aromatic heterocycles. The molecular formula is C30H27N7. The van der Waals surface area contributed by atoms with Gasteiger partial charge in [0.15, 0.2) is 0 Å². The van der Waals surface area contributed by atoms with Crippen LogP contribution in [0.3, 0.4) is 0 Å². The Hall–Kier alpha value is -4.78. The molecule has 7 heteroatoms. The molecule has 182 valence electrons. The smallest absolute Gasteiger partial charge is 0.116 e. The Labute approximate surface area is 214 Å². The molecule has 0 saturated heterocycles. The molecule has 1 aromatic carbocycles. The molecule has 0 aliphatic carbocycles. The number of H-pyrrole nitrogens is 2. The maximum absolute atomic E-state index is 4.65. The lowest BCUT2D eigenvalue weighted by atomic mass is 10.0. The zero-order valence-electron chi connectivity index (χ0n) is 20.6. The van der Waals surface area contributed by atoms with Gasteiger partial charge in [-0.15, -0.1) is 0 Å². The summed E-state index contributed by atoms with van der Waals surface area (Å²) in [6.45, 7) is 6.33. The number of allylic oxidation sites excluding steroid dienone is 1. The van der Waals surface area contributed by atoms with Crippen LogP contribution in [0.25, 0.3) is 55.6 Å². The number of pyridine rings is 3. The van der Waals surface area contributed by atoms with Crippen LogP contribution >= 0.6 is 0 Å². The molecule has 5 heterocycles. The van der Waals surface area contributed by atoms with Crippen LogP contribution < -0.4 is 5.32 Å². The van der Waals surface area contributed by atoms with Gasteiger partial charge in [0, 0.05) is 46.2 Å². The number of unbranched alkanes of at least 4 members (excludes halogenated alkanes) is 1. The molecule has 0 unspecified atom stereocenters. The van der Waals surface area contributed by atoms with E-state index in [9.17, 15) is 0 Å². The van der Waals surface area contributed by atoms with E-state index in [4.69, 9.17) is 0 Å². The highest BCUT2D eigenvalue weighted by atomic mass is 15.1. The second kappa shape index (κ2) is 9.70. The molecule has 3 N–H and O–H groups in total. The summed E-state index contributed by atoms with van der Waals surface area (Å²) in [7, 11) is 0. The predicted molar refractivity (Wildman–Crippen MR) is 150 cm³/mol. The lowest BCUT2D eigenvalue weighted by Crippen LogP contribution is -1.98. The van der Waals surface area contributed by atoms with Crippen molar-refractivity contribution >= 4 is 27.5 Å². The minimum absolute atomic E-state index is 0.857. The average molecular weight is 486 g/mol. The summed E-state index contributed by atoms with van der Waals surface area (Å²) in [5.41, 5.74) is 9.60. The van der Waals surface area contributed by atoms with Crippen molar-refractivity contribution in [2.45, 2.75) is 26.2 Å². The number of benzene rings is 1. The first-order valence-electron chi connectivity index (χ1n) is 12.5. The van der Waals surface area contributed by atoms with Crippen molar-refractivity contribution in [2.24, 2.45) is 0 Å². The van der Waals surface area contributed by atoms with Crippen molar-refractivity contribution in [3.8, 4) is 33.8 Å². The minimum Gasteiger partial charge on any atom is -0.358 e. The van der Waals surface area contributed by atoms with Gasteiger partial charge in [-0.3, -0.25) is 20.1 Å². The lowest BCUT2D eigenvalue weighted by Gasteiger charge is -2.10. The van der Waals surface area contributed by atoms with Gasteiger partial charge in [0.05, 0.1) is 40.5 Å². The van der Waals surface area contributed by atoms with Gasteiger partial charge >= 0.3 is 0 Å². The fraction of sp³-hybridized carbons (Fsp3) is 0.133. The highest BCUT2D eigenvalue weighted by molar-refractivity contribution is 6.01. The normalized spacial score (nSPS) is 11.3. The number of anilines is 1. The Bertz CT molecular complexity index is 1710. The van der Waals surface area contributed by atoms with Crippen molar-refractivity contribution in [3.05, 3.63) is 91.8 Å². The highest BCUT2D eigenvalue weighted by Crippen LogP contribution is 2.34. The van der Waals surface area contributed by atoms with E-state index >= 15 is 0 Å². The zero-order chi connectivity index (χ0) is 25.2. The Morgan fingerprint density at radius 1 is 0.919 bits per heavy atom. The molecule has 6 rings (SSSR count). The number of nitrogens with one attached hydrogen (secondary N) is 3. The maximum Gasteiger partial charge on any atom is 0.116 e. The van der Waals surface area contributed by atoms with Crippen molar-refractivity contribution < 1.29 is 0 Å². The van der Waals surface area contributed by atoms with Gasteiger partial charge in [0.1, 0.15) is 5.69 Å². The summed E-state index contributed by atoms with van der Waals surface area (Å²) in [4.78, 5) is 16.9. The molecule has 0 atom stereocenters. The van der Waals surface area contributed by atoms with Gasteiger partial charge in [0.2, 0.25) is 0 Å². The molecule has 0 amide bonds. The van der Waals surface area contributed by atoms with Crippen molar-refractivity contribution in [3.63, 3.8) is 0 Å². The molecule has 0 bridgehead atoms. The van der Waals surface area contributed by atoms with Crippen LogP contribution in [0.15, 0.2) is 91.8 Å². The third-order valence-electron chi connectivity index (χ3n) is 6.53. The van der Waals surface area contributed by atoms with Crippen LogP contribution in [0.4, 0.5) is 5.69 Å². The van der Waals surface area contributed by atoms with E-state index in [-0.39, 0.29) is 0 Å².